The molecule has 0 aliphatic heterocycles. The second-order valence-electron chi connectivity index (χ2n) is 9.99. The van der Waals surface area contributed by atoms with Gasteiger partial charge in [0.25, 0.3) is 0 Å². The van der Waals surface area contributed by atoms with E-state index in [1.54, 1.807) is 11.6 Å². The second-order valence-corrected chi connectivity index (χ2v) is 12.2. The van der Waals surface area contributed by atoms with E-state index in [2.05, 4.69) is 53.7 Å². The van der Waals surface area contributed by atoms with Crippen LogP contribution in [0.2, 0.25) is 0 Å². The minimum absolute atomic E-state index is 0.301. The Morgan fingerprint density at radius 2 is 1.00 bits per heavy atom. The third-order valence-electron chi connectivity index (χ3n) is 7.66. The first-order valence-corrected chi connectivity index (χ1v) is 16.9. The predicted octanol–water partition coefficient (Wildman–Crippen LogP) is 8.03. The lowest BCUT2D eigenvalue weighted by Crippen LogP contribution is -2.30. The maximum absolute atomic E-state index is 12.9. The maximum Gasteiger partial charge on any atom is 0.217 e. The summed E-state index contributed by atoms with van der Waals surface area (Å²) in [6.45, 7) is 12.9. The van der Waals surface area contributed by atoms with Crippen LogP contribution in [-0.4, -0.2) is 22.8 Å². The molecule has 2 unspecified atom stereocenters. The van der Waals surface area contributed by atoms with E-state index in [0.717, 1.165) is 62.5 Å². The molecule has 0 radical (unpaired) electrons. The Kier molecular flexibility index (Phi) is 17.3. The van der Waals surface area contributed by atoms with Gasteiger partial charge in [0.2, 0.25) is 16.0 Å². The van der Waals surface area contributed by atoms with Crippen LogP contribution in [0.5, 0.6) is 0 Å². The lowest BCUT2D eigenvalue weighted by molar-refractivity contribution is -0.184. The molecule has 0 aliphatic rings. The molecule has 1 aromatic carbocycles. The Bertz CT molecular complexity index is 718. The van der Waals surface area contributed by atoms with Crippen molar-refractivity contribution >= 4 is 27.6 Å². The number of hydrogen-bond acceptors (Lipinski definition) is 4. The number of rotatable bonds is 20. The van der Waals surface area contributed by atoms with Crippen LogP contribution in [0.25, 0.3) is 0 Å². The molecule has 206 valence electrons. The zero-order valence-electron chi connectivity index (χ0n) is 23.9. The fourth-order valence-corrected chi connectivity index (χ4v) is 7.01. The van der Waals surface area contributed by atoms with E-state index in [1.165, 1.54) is 25.7 Å². The molecule has 0 saturated heterocycles. The van der Waals surface area contributed by atoms with Crippen LogP contribution in [0.4, 0.5) is 0 Å². The van der Waals surface area contributed by atoms with Crippen LogP contribution in [0.1, 0.15) is 130 Å². The first-order chi connectivity index (χ1) is 17.3. The van der Waals surface area contributed by atoms with Crippen molar-refractivity contribution in [2.45, 2.75) is 143 Å². The van der Waals surface area contributed by atoms with Gasteiger partial charge in [-0.15, -0.1) is 0 Å². The van der Waals surface area contributed by atoms with E-state index in [4.69, 9.17) is 9.05 Å². The van der Waals surface area contributed by atoms with Crippen molar-refractivity contribution in [1.82, 2.24) is 0 Å². The molecule has 0 spiro atoms. The van der Waals surface area contributed by atoms with Crippen LogP contribution in [0, 0.1) is 0 Å². The van der Waals surface area contributed by atoms with Crippen molar-refractivity contribution < 1.29 is 18.8 Å². The van der Waals surface area contributed by atoms with Gasteiger partial charge in [-0.3, -0.25) is 0 Å². The minimum atomic E-state index is -1.86. The molecule has 0 fully saturated rings. The van der Waals surface area contributed by atoms with Crippen molar-refractivity contribution in [3.63, 3.8) is 0 Å². The van der Waals surface area contributed by atoms with Crippen LogP contribution in [-0.2, 0) is 21.9 Å². The number of hydrogen-bond donors (Lipinski definition) is 0. The Labute approximate surface area is 224 Å². The topological polar surface area (TPSA) is 64.6 Å². The highest BCUT2D eigenvalue weighted by molar-refractivity contribution is 7.45. The summed E-state index contributed by atoms with van der Waals surface area (Å²) in [6, 6.07) is 8.10. The van der Waals surface area contributed by atoms with Gasteiger partial charge >= 0.3 is 0 Å². The molecular weight excluding hydrogens is 486 g/mol. The minimum Gasteiger partial charge on any atom is -0.603 e. The fourth-order valence-electron chi connectivity index (χ4n) is 4.71. The fraction of sp³-hybridized carbons (Fsp3) is 0.733. The van der Waals surface area contributed by atoms with Gasteiger partial charge < -0.3 is 9.79 Å². The monoisotopic (exact) mass is 538 g/mol. The standard InChI is InChI=1S/C30H52O4P2/c1-7-13-17-23-29(9-3,10-4)33-35(31)25-21-27-19-15-16-20-28(27)22-26-36(32)34-30(11-5,12-6)24-18-14-8-2/h15-16,19-20,25-26H,7-14,17-18,21-24H2,1-6H3. The molecule has 6 heteroatoms. The molecule has 0 amide bonds. The van der Waals surface area contributed by atoms with Crippen molar-refractivity contribution in [1.29, 1.82) is 0 Å². The molecule has 36 heavy (non-hydrogen) atoms. The Balaban J connectivity index is 2.87. The highest BCUT2D eigenvalue weighted by Crippen LogP contribution is 2.36. The van der Waals surface area contributed by atoms with E-state index in [9.17, 15) is 9.79 Å². The van der Waals surface area contributed by atoms with Gasteiger partial charge in [0, 0.05) is 12.8 Å². The van der Waals surface area contributed by atoms with E-state index < -0.39 is 16.0 Å². The average molecular weight is 539 g/mol. The molecule has 0 aromatic heterocycles. The highest BCUT2D eigenvalue weighted by Gasteiger charge is 2.32. The van der Waals surface area contributed by atoms with E-state index >= 15 is 0 Å². The lowest BCUT2D eigenvalue weighted by Gasteiger charge is -2.28. The SMILES string of the molecule is CCCCCC(CC)(CC)O[P+]([O-])=CCc1ccccc1CC=[P+]([O-])OC(CC)(CC)CCCCC. The summed E-state index contributed by atoms with van der Waals surface area (Å²) in [5.74, 6) is 3.61. The van der Waals surface area contributed by atoms with Gasteiger partial charge in [0.15, 0.2) is 0 Å². The van der Waals surface area contributed by atoms with Crippen LogP contribution >= 0.6 is 16.0 Å². The van der Waals surface area contributed by atoms with Crippen molar-refractivity contribution in [3.8, 4) is 0 Å². The van der Waals surface area contributed by atoms with Gasteiger partial charge in [-0.25, -0.2) is 0 Å². The largest absolute Gasteiger partial charge is 0.603 e. The average Bonchev–Trinajstić information content (AvgIpc) is 2.90. The van der Waals surface area contributed by atoms with Crippen LogP contribution in [0.15, 0.2) is 24.3 Å². The normalized spacial score (nSPS) is 13.4. The van der Waals surface area contributed by atoms with Crippen molar-refractivity contribution in [2.75, 3.05) is 0 Å². The first kappa shape index (κ1) is 33.4. The van der Waals surface area contributed by atoms with E-state index in [0.29, 0.717) is 12.8 Å². The molecule has 0 heterocycles. The maximum atomic E-state index is 12.9. The first-order valence-electron chi connectivity index (χ1n) is 14.4. The van der Waals surface area contributed by atoms with Gasteiger partial charge in [-0.1, -0.05) is 104 Å². The lowest BCUT2D eigenvalue weighted by atomic mass is 9.91. The summed E-state index contributed by atoms with van der Waals surface area (Å²) in [7, 11) is -3.71. The van der Waals surface area contributed by atoms with Gasteiger partial charge in [-0.2, -0.15) is 9.05 Å². The zero-order chi connectivity index (χ0) is 26.9. The summed E-state index contributed by atoms with van der Waals surface area (Å²) >= 11 is 0. The quantitative estimate of drug-likeness (QED) is 0.125. The van der Waals surface area contributed by atoms with Gasteiger partial charge in [0.1, 0.15) is 22.8 Å². The van der Waals surface area contributed by atoms with Crippen molar-refractivity contribution in [3.05, 3.63) is 35.4 Å². The molecule has 0 aliphatic carbocycles. The van der Waals surface area contributed by atoms with E-state index in [1.807, 2.05) is 12.1 Å². The Morgan fingerprint density at radius 1 is 0.639 bits per heavy atom. The summed E-state index contributed by atoms with van der Waals surface area (Å²) in [4.78, 5) is 25.8. The molecule has 2 atom stereocenters. The third-order valence-corrected chi connectivity index (χ3v) is 9.75. The highest BCUT2D eigenvalue weighted by atomic mass is 31.1. The summed E-state index contributed by atoms with van der Waals surface area (Å²) < 4.78 is 12.3. The third kappa shape index (κ3) is 11.8. The van der Waals surface area contributed by atoms with E-state index in [-0.39, 0.29) is 11.2 Å². The molecular formula is C30H52O4P2. The molecule has 0 bridgehead atoms. The zero-order valence-corrected chi connectivity index (χ0v) is 25.7. The molecule has 4 nitrogen and oxygen atoms in total. The molecule has 0 N–H and O–H groups in total. The predicted molar refractivity (Wildman–Crippen MR) is 157 cm³/mol. The van der Waals surface area contributed by atoms with Crippen LogP contribution < -0.4 is 9.79 Å². The van der Waals surface area contributed by atoms with Gasteiger partial charge in [-0.05, 0) is 49.7 Å². The summed E-state index contributed by atoms with van der Waals surface area (Å²) in [5, 5.41) is 0. The Hall–Kier alpha value is -0.600. The summed E-state index contributed by atoms with van der Waals surface area (Å²) in [6.07, 6.45) is 13.4. The second kappa shape index (κ2) is 18.6. The summed E-state index contributed by atoms with van der Waals surface area (Å²) in [5.41, 5.74) is 1.58. The van der Waals surface area contributed by atoms with Crippen molar-refractivity contribution in [2.24, 2.45) is 0 Å². The van der Waals surface area contributed by atoms with Gasteiger partial charge in [0.05, 0.1) is 0 Å². The number of unbranched alkanes of at least 4 members (excludes halogenated alkanes) is 4. The Morgan fingerprint density at radius 3 is 1.31 bits per heavy atom. The molecule has 1 rings (SSSR count). The molecule has 1 aromatic rings. The number of benzene rings is 1. The van der Waals surface area contributed by atoms with Crippen LogP contribution in [0.3, 0.4) is 0 Å². The smallest absolute Gasteiger partial charge is 0.217 e. The molecule has 0 saturated carbocycles.